The van der Waals surface area contributed by atoms with Gasteiger partial charge in [-0.15, -0.1) is 0 Å². The fraction of sp³-hybridized carbons (Fsp3) is 0.222. The first-order chi connectivity index (χ1) is 7.88. The topological polar surface area (TPSA) is 103 Å². The highest BCUT2D eigenvalue weighted by Gasteiger charge is 2.26. The molecular formula is C9H7ClN2O5. The second-order valence-corrected chi connectivity index (χ2v) is 3.48. The lowest BCUT2D eigenvalue weighted by molar-refractivity contribution is -0.395. The lowest BCUT2D eigenvalue weighted by Crippen LogP contribution is -2.03. The van der Waals surface area contributed by atoms with E-state index in [1.165, 1.54) is 0 Å². The van der Waals surface area contributed by atoms with Crippen LogP contribution in [0.3, 0.4) is 0 Å². The summed E-state index contributed by atoms with van der Waals surface area (Å²) in [6, 6.07) is 1.89. The highest BCUT2D eigenvalue weighted by atomic mass is 35.5. The Bertz CT molecular complexity index is 479. The zero-order chi connectivity index (χ0) is 13.2. The van der Waals surface area contributed by atoms with Crippen LogP contribution in [0.5, 0.6) is 0 Å². The molecule has 0 spiro atoms. The Morgan fingerprint density at radius 1 is 1.24 bits per heavy atom. The largest absolute Gasteiger partial charge is 0.280 e. The standard InChI is InChI=1S/C9H7ClN2O5/c1-2-6-7(11(14)15)3-5(9(10)13)4-8(6)12(16)17/h3-4H,2H2,1H3. The fourth-order valence-electron chi connectivity index (χ4n) is 1.44. The quantitative estimate of drug-likeness (QED) is 0.469. The number of nitro groups is 2. The summed E-state index contributed by atoms with van der Waals surface area (Å²) < 4.78 is 0. The van der Waals surface area contributed by atoms with Gasteiger partial charge >= 0.3 is 0 Å². The van der Waals surface area contributed by atoms with Gasteiger partial charge in [0, 0.05) is 17.7 Å². The van der Waals surface area contributed by atoms with Crippen molar-refractivity contribution < 1.29 is 14.6 Å². The van der Waals surface area contributed by atoms with Crippen molar-refractivity contribution in [3.63, 3.8) is 0 Å². The molecule has 0 aromatic heterocycles. The summed E-state index contributed by atoms with van der Waals surface area (Å²) >= 11 is 5.17. The van der Waals surface area contributed by atoms with Crippen LogP contribution in [-0.4, -0.2) is 15.1 Å². The zero-order valence-corrected chi connectivity index (χ0v) is 9.43. The van der Waals surface area contributed by atoms with Crippen molar-refractivity contribution in [2.75, 3.05) is 0 Å². The second-order valence-electron chi connectivity index (χ2n) is 3.13. The molecule has 0 N–H and O–H groups in total. The molecule has 0 radical (unpaired) electrons. The van der Waals surface area contributed by atoms with Crippen molar-refractivity contribution in [3.8, 4) is 0 Å². The van der Waals surface area contributed by atoms with Crippen LogP contribution in [0, 0.1) is 20.2 Å². The van der Waals surface area contributed by atoms with Crippen LogP contribution in [0.1, 0.15) is 22.8 Å². The number of carbonyl (C=O) groups excluding carboxylic acids is 1. The van der Waals surface area contributed by atoms with Crippen LogP contribution in [-0.2, 0) is 6.42 Å². The van der Waals surface area contributed by atoms with Gasteiger partial charge in [0.1, 0.15) is 5.56 Å². The maximum Gasteiger partial charge on any atom is 0.280 e. The van der Waals surface area contributed by atoms with E-state index in [0.717, 1.165) is 12.1 Å². The predicted octanol–water partition coefficient (Wildman–Crippen LogP) is 2.44. The molecule has 0 fully saturated rings. The number of halogens is 1. The van der Waals surface area contributed by atoms with Gasteiger partial charge in [0.25, 0.3) is 16.6 Å². The first-order valence-electron chi connectivity index (χ1n) is 4.54. The number of nitro benzene ring substituents is 2. The lowest BCUT2D eigenvalue weighted by Gasteiger charge is -2.03. The first-order valence-corrected chi connectivity index (χ1v) is 4.91. The van der Waals surface area contributed by atoms with E-state index >= 15 is 0 Å². The van der Waals surface area contributed by atoms with Crippen molar-refractivity contribution in [2.24, 2.45) is 0 Å². The molecule has 1 aromatic rings. The molecule has 0 saturated heterocycles. The van der Waals surface area contributed by atoms with Crippen molar-refractivity contribution in [1.29, 1.82) is 0 Å². The molecule has 0 atom stereocenters. The monoisotopic (exact) mass is 258 g/mol. The first kappa shape index (κ1) is 13.0. The Balaban J connectivity index is 3.63. The number of nitrogens with zero attached hydrogens (tertiary/aromatic N) is 2. The minimum absolute atomic E-state index is 0.0262. The van der Waals surface area contributed by atoms with E-state index in [1.54, 1.807) is 6.92 Å². The normalized spacial score (nSPS) is 10.0. The van der Waals surface area contributed by atoms with Crippen LogP contribution in [0.25, 0.3) is 0 Å². The summed E-state index contributed by atoms with van der Waals surface area (Å²) in [5.74, 6) is 0. The number of rotatable bonds is 4. The molecule has 0 bridgehead atoms. The minimum Gasteiger partial charge on any atom is -0.276 e. The van der Waals surface area contributed by atoms with Gasteiger partial charge < -0.3 is 0 Å². The second kappa shape index (κ2) is 4.88. The van der Waals surface area contributed by atoms with Gasteiger partial charge in [-0.3, -0.25) is 25.0 Å². The summed E-state index contributed by atoms with van der Waals surface area (Å²) in [7, 11) is 0. The molecule has 17 heavy (non-hydrogen) atoms. The number of carbonyl (C=O) groups is 1. The summed E-state index contributed by atoms with van der Waals surface area (Å²) in [5, 5.41) is 20.5. The third-order valence-corrected chi connectivity index (χ3v) is 2.39. The highest BCUT2D eigenvalue weighted by Crippen LogP contribution is 2.31. The molecule has 90 valence electrons. The van der Waals surface area contributed by atoms with E-state index in [2.05, 4.69) is 0 Å². The number of hydrogen-bond acceptors (Lipinski definition) is 5. The Morgan fingerprint density at radius 3 is 1.88 bits per heavy atom. The predicted molar refractivity (Wildman–Crippen MR) is 59.3 cm³/mol. The third-order valence-electron chi connectivity index (χ3n) is 2.18. The molecule has 1 rings (SSSR count). The molecule has 0 heterocycles. The van der Waals surface area contributed by atoms with E-state index in [-0.39, 0.29) is 17.5 Å². The van der Waals surface area contributed by atoms with E-state index in [0.29, 0.717) is 0 Å². The van der Waals surface area contributed by atoms with Crippen LogP contribution in [0.2, 0.25) is 0 Å². The molecule has 0 amide bonds. The SMILES string of the molecule is CCc1c([N+](=O)[O-])cc(C(=O)Cl)cc1[N+](=O)[O-]. The van der Waals surface area contributed by atoms with Gasteiger partial charge in [-0.2, -0.15) is 0 Å². The van der Waals surface area contributed by atoms with Crippen LogP contribution >= 0.6 is 11.6 Å². The molecule has 1 aromatic carbocycles. The van der Waals surface area contributed by atoms with Gasteiger partial charge in [0.05, 0.1) is 9.85 Å². The molecular weight excluding hydrogens is 252 g/mol. The molecule has 8 heteroatoms. The number of benzene rings is 1. The van der Waals surface area contributed by atoms with Crippen LogP contribution in [0.15, 0.2) is 12.1 Å². The maximum atomic E-state index is 10.9. The average molecular weight is 259 g/mol. The third kappa shape index (κ3) is 2.56. The van der Waals surface area contributed by atoms with Gasteiger partial charge in [-0.25, -0.2) is 0 Å². The summed E-state index contributed by atoms with van der Waals surface area (Å²) in [4.78, 5) is 30.9. The van der Waals surface area contributed by atoms with Gasteiger partial charge in [0.2, 0.25) is 0 Å². The zero-order valence-electron chi connectivity index (χ0n) is 8.68. The van der Waals surface area contributed by atoms with E-state index < -0.39 is 26.5 Å². The van der Waals surface area contributed by atoms with Crippen molar-refractivity contribution in [2.45, 2.75) is 13.3 Å². The summed E-state index contributed by atoms with van der Waals surface area (Å²) in [6.07, 6.45) is 0.114. The average Bonchev–Trinajstić information content (AvgIpc) is 2.26. The molecule has 0 saturated carbocycles. The lowest BCUT2D eigenvalue weighted by atomic mass is 10.0. The maximum absolute atomic E-state index is 10.9. The van der Waals surface area contributed by atoms with Crippen molar-refractivity contribution in [1.82, 2.24) is 0 Å². The van der Waals surface area contributed by atoms with Crippen molar-refractivity contribution >= 4 is 28.2 Å². The summed E-state index contributed by atoms with van der Waals surface area (Å²) in [6.45, 7) is 1.55. The summed E-state index contributed by atoms with van der Waals surface area (Å²) in [5.41, 5.74) is -1.22. The Hall–Kier alpha value is -2.02. The fourth-order valence-corrected chi connectivity index (χ4v) is 1.55. The van der Waals surface area contributed by atoms with Gasteiger partial charge in [-0.05, 0) is 18.0 Å². The molecule has 0 aliphatic rings. The van der Waals surface area contributed by atoms with Crippen molar-refractivity contribution in [3.05, 3.63) is 43.5 Å². The molecule has 0 aliphatic carbocycles. The Morgan fingerprint density at radius 2 is 1.65 bits per heavy atom. The van der Waals surface area contributed by atoms with E-state index in [4.69, 9.17) is 11.6 Å². The van der Waals surface area contributed by atoms with Gasteiger partial charge in [-0.1, -0.05) is 6.92 Å². The molecule has 7 nitrogen and oxygen atoms in total. The highest BCUT2D eigenvalue weighted by molar-refractivity contribution is 6.67. The Kier molecular flexibility index (Phi) is 3.74. The van der Waals surface area contributed by atoms with Crippen LogP contribution in [0.4, 0.5) is 11.4 Å². The van der Waals surface area contributed by atoms with E-state index in [9.17, 15) is 25.0 Å². The minimum atomic E-state index is -0.973. The molecule has 0 unspecified atom stereocenters. The number of hydrogen-bond donors (Lipinski definition) is 0. The smallest absolute Gasteiger partial charge is 0.276 e. The Labute approximate surface area is 100 Å². The van der Waals surface area contributed by atoms with Gasteiger partial charge in [0.15, 0.2) is 0 Å². The van der Waals surface area contributed by atoms with Crippen LogP contribution < -0.4 is 0 Å². The molecule has 0 aliphatic heterocycles. The van der Waals surface area contributed by atoms with E-state index in [1.807, 2.05) is 0 Å².